The van der Waals surface area contributed by atoms with Crippen LogP contribution in [0.1, 0.15) is 48.5 Å². The summed E-state index contributed by atoms with van der Waals surface area (Å²) in [6, 6.07) is 8.02. The van der Waals surface area contributed by atoms with Gasteiger partial charge in [-0.1, -0.05) is 19.9 Å². The molecule has 0 bridgehead atoms. The lowest BCUT2D eigenvalue weighted by Gasteiger charge is -2.33. The molecule has 0 radical (unpaired) electrons. The van der Waals surface area contributed by atoms with Crippen molar-refractivity contribution in [3.05, 3.63) is 46.4 Å². The molecule has 1 aliphatic heterocycles. The van der Waals surface area contributed by atoms with Crippen molar-refractivity contribution < 1.29 is 9.59 Å². The standard InChI is InChI=1S/C20H27N3O2S/c1-15(2)13-19(24)22-10-7-16(8-11-22)21-20(25)18-6-3-9-23(18)14-17-5-4-12-26-17/h3-6,9,12,15-16H,7-8,10-11,13-14H2,1-2H3,(H,21,25). The van der Waals surface area contributed by atoms with Crippen LogP contribution >= 0.6 is 11.3 Å². The van der Waals surface area contributed by atoms with Gasteiger partial charge < -0.3 is 14.8 Å². The van der Waals surface area contributed by atoms with E-state index in [1.165, 1.54) is 4.88 Å². The Kier molecular flexibility index (Phi) is 6.14. The van der Waals surface area contributed by atoms with Crippen molar-refractivity contribution in [2.24, 2.45) is 5.92 Å². The Morgan fingerprint density at radius 3 is 2.65 bits per heavy atom. The molecular formula is C20H27N3O2S. The van der Waals surface area contributed by atoms with E-state index in [0.717, 1.165) is 32.5 Å². The highest BCUT2D eigenvalue weighted by Crippen LogP contribution is 2.16. The Morgan fingerprint density at radius 1 is 1.23 bits per heavy atom. The molecule has 2 amide bonds. The van der Waals surface area contributed by atoms with E-state index in [2.05, 4.69) is 25.2 Å². The molecule has 0 unspecified atom stereocenters. The van der Waals surface area contributed by atoms with Crippen LogP contribution in [0, 0.1) is 5.92 Å². The summed E-state index contributed by atoms with van der Waals surface area (Å²) in [5, 5.41) is 5.20. The predicted molar refractivity (Wildman–Crippen MR) is 104 cm³/mol. The molecule has 0 saturated carbocycles. The fraction of sp³-hybridized carbons (Fsp3) is 0.500. The normalized spacial score (nSPS) is 15.4. The highest BCUT2D eigenvalue weighted by atomic mass is 32.1. The molecule has 0 aliphatic carbocycles. The van der Waals surface area contributed by atoms with Gasteiger partial charge in [-0.3, -0.25) is 9.59 Å². The number of thiophene rings is 1. The van der Waals surface area contributed by atoms with Gasteiger partial charge in [0.05, 0.1) is 6.54 Å². The van der Waals surface area contributed by atoms with Crippen LogP contribution < -0.4 is 5.32 Å². The third-order valence-corrected chi connectivity index (χ3v) is 5.60. The van der Waals surface area contributed by atoms with Crippen molar-refractivity contribution in [1.29, 1.82) is 0 Å². The van der Waals surface area contributed by atoms with E-state index in [1.807, 2.05) is 39.2 Å². The second-order valence-electron chi connectivity index (χ2n) is 7.33. The maximum atomic E-state index is 12.7. The maximum Gasteiger partial charge on any atom is 0.268 e. The van der Waals surface area contributed by atoms with Crippen LogP contribution in [0.3, 0.4) is 0 Å². The zero-order valence-electron chi connectivity index (χ0n) is 15.5. The van der Waals surface area contributed by atoms with Crippen LogP contribution in [0.15, 0.2) is 35.8 Å². The Labute approximate surface area is 159 Å². The molecule has 3 heterocycles. The highest BCUT2D eigenvalue weighted by Gasteiger charge is 2.25. The first kappa shape index (κ1) is 18.7. The summed E-state index contributed by atoms with van der Waals surface area (Å²) in [4.78, 5) is 28.0. The number of carbonyl (C=O) groups is 2. The van der Waals surface area contributed by atoms with Gasteiger partial charge in [0.1, 0.15) is 5.69 Å². The molecule has 26 heavy (non-hydrogen) atoms. The fourth-order valence-corrected chi connectivity index (χ4v) is 4.04. The molecule has 2 aromatic rings. The SMILES string of the molecule is CC(C)CC(=O)N1CCC(NC(=O)c2cccn2Cc2cccs2)CC1. The summed E-state index contributed by atoms with van der Waals surface area (Å²) in [5.74, 6) is 0.587. The lowest BCUT2D eigenvalue weighted by Crippen LogP contribution is -2.47. The zero-order chi connectivity index (χ0) is 18.5. The van der Waals surface area contributed by atoms with Crippen LogP contribution in [0.25, 0.3) is 0 Å². The third-order valence-electron chi connectivity index (χ3n) is 4.73. The van der Waals surface area contributed by atoms with Gasteiger partial charge >= 0.3 is 0 Å². The quantitative estimate of drug-likeness (QED) is 0.844. The minimum absolute atomic E-state index is 0.0292. The molecule has 1 fully saturated rings. The molecular weight excluding hydrogens is 346 g/mol. The Hall–Kier alpha value is -2.08. The first-order valence-corrected chi connectivity index (χ1v) is 10.2. The number of rotatable bonds is 6. The smallest absolute Gasteiger partial charge is 0.268 e. The topological polar surface area (TPSA) is 54.3 Å². The average molecular weight is 374 g/mol. The van der Waals surface area contributed by atoms with Crippen LogP contribution in [0.2, 0.25) is 0 Å². The summed E-state index contributed by atoms with van der Waals surface area (Å²) in [7, 11) is 0. The molecule has 0 atom stereocenters. The van der Waals surface area contributed by atoms with Crippen molar-refractivity contribution >= 4 is 23.2 Å². The highest BCUT2D eigenvalue weighted by molar-refractivity contribution is 7.09. The van der Waals surface area contributed by atoms with Gasteiger partial charge in [-0.2, -0.15) is 0 Å². The fourth-order valence-electron chi connectivity index (χ4n) is 3.34. The number of amides is 2. The first-order valence-electron chi connectivity index (χ1n) is 9.29. The molecule has 140 valence electrons. The molecule has 6 heteroatoms. The van der Waals surface area contributed by atoms with E-state index in [0.29, 0.717) is 18.0 Å². The van der Waals surface area contributed by atoms with Crippen molar-refractivity contribution in [2.75, 3.05) is 13.1 Å². The van der Waals surface area contributed by atoms with Crippen LogP contribution in [-0.2, 0) is 11.3 Å². The van der Waals surface area contributed by atoms with E-state index < -0.39 is 0 Å². The van der Waals surface area contributed by atoms with E-state index in [4.69, 9.17) is 0 Å². The Bertz CT molecular complexity index is 728. The van der Waals surface area contributed by atoms with E-state index in [-0.39, 0.29) is 17.9 Å². The second-order valence-corrected chi connectivity index (χ2v) is 8.36. The number of nitrogens with one attached hydrogen (secondary N) is 1. The number of hydrogen-bond acceptors (Lipinski definition) is 3. The van der Waals surface area contributed by atoms with Crippen molar-refractivity contribution in [1.82, 2.24) is 14.8 Å². The van der Waals surface area contributed by atoms with Crippen molar-refractivity contribution in [3.8, 4) is 0 Å². The molecule has 3 rings (SSSR count). The molecule has 0 aromatic carbocycles. The van der Waals surface area contributed by atoms with E-state index in [1.54, 1.807) is 11.3 Å². The van der Waals surface area contributed by atoms with Gasteiger partial charge in [0.15, 0.2) is 0 Å². The molecule has 0 spiro atoms. The van der Waals surface area contributed by atoms with Crippen molar-refractivity contribution in [2.45, 2.75) is 45.7 Å². The molecule has 1 N–H and O–H groups in total. The summed E-state index contributed by atoms with van der Waals surface area (Å²) < 4.78 is 1.99. The van der Waals surface area contributed by atoms with Crippen LogP contribution in [0.4, 0.5) is 0 Å². The van der Waals surface area contributed by atoms with Gasteiger partial charge in [0, 0.05) is 36.6 Å². The van der Waals surface area contributed by atoms with Crippen LogP contribution in [-0.4, -0.2) is 40.4 Å². The summed E-state index contributed by atoms with van der Waals surface area (Å²) in [6.07, 6.45) is 4.19. The lowest BCUT2D eigenvalue weighted by molar-refractivity contribution is -0.133. The number of likely N-dealkylation sites (tertiary alicyclic amines) is 1. The van der Waals surface area contributed by atoms with Gasteiger partial charge in [-0.15, -0.1) is 11.3 Å². The van der Waals surface area contributed by atoms with Crippen molar-refractivity contribution in [3.63, 3.8) is 0 Å². The molecule has 1 saturated heterocycles. The van der Waals surface area contributed by atoms with Gasteiger partial charge in [-0.25, -0.2) is 0 Å². The molecule has 1 aliphatic rings. The Morgan fingerprint density at radius 2 is 2.00 bits per heavy atom. The summed E-state index contributed by atoms with van der Waals surface area (Å²) in [5.41, 5.74) is 0.691. The van der Waals surface area contributed by atoms with Crippen LogP contribution in [0.5, 0.6) is 0 Å². The summed E-state index contributed by atoms with van der Waals surface area (Å²) >= 11 is 1.69. The zero-order valence-corrected chi connectivity index (χ0v) is 16.3. The maximum absolute atomic E-state index is 12.7. The van der Waals surface area contributed by atoms with Gasteiger partial charge in [0.2, 0.25) is 5.91 Å². The minimum Gasteiger partial charge on any atom is -0.348 e. The van der Waals surface area contributed by atoms with E-state index in [9.17, 15) is 9.59 Å². The summed E-state index contributed by atoms with van der Waals surface area (Å²) in [6.45, 7) is 6.31. The number of piperidine rings is 1. The number of hydrogen-bond donors (Lipinski definition) is 1. The number of aromatic nitrogens is 1. The lowest BCUT2D eigenvalue weighted by atomic mass is 10.0. The van der Waals surface area contributed by atoms with E-state index >= 15 is 0 Å². The average Bonchev–Trinajstić information content (AvgIpc) is 3.27. The first-order chi connectivity index (χ1) is 12.5. The van der Waals surface area contributed by atoms with Gasteiger partial charge in [0.25, 0.3) is 5.91 Å². The second kappa shape index (κ2) is 8.54. The third kappa shape index (κ3) is 4.75. The molecule has 5 nitrogen and oxygen atoms in total. The monoisotopic (exact) mass is 373 g/mol. The number of nitrogens with zero attached hydrogens (tertiary/aromatic N) is 2. The minimum atomic E-state index is -0.0292. The number of carbonyl (C=O) groups excluding carboxylic acids is 2. The largest absolute Gasteiger partial charge is 0.348 e. The predicted octanol–water partition coefficient (Wildman–Crippen LogP) is 3.36. The Balaban J connectivity index is 1.52. The molecule has 2 aromatic heterocycles. The van der Waals surface area contributed by atoms with Gasteiger partial charge in [-0.05, 0) is 42.3 Å².